The van der Waals surface area contributed by atoms with E-state index < -0.39 is 0 Å². The number of benzene rings is 2. The maximum Gasteiger partial charge on any atom is 0.145 e. The minimum atomic E-state index is 0.513. The average molecular weight is 349 g/mol. The molecule has 0 fully saturated rings. The number of pyridine rings is 1. The molecule has 4 nitrogen and oxygen atoms in total. The Morgan fingerprint density at radius 3 is 2.62 bits per heavy atom. The molecule has 4 heteroatoms. The molecule has 0 bridgehead atoms. The molecule has 0 radical (unpaired) electrons. The first-order chi connectivity index (χ1) is 12.6. The minimum absolute atomic E-state index is 0.513. The highest BCUT2D eigenvalue weighted by molar-refractivity contribution is 5.85. The van der Waals surface area contributed by atoms with Crippen molar-refractivity contribution in [3.05, 3.63) is 65.7 Å². The quantitative estimate of drug-likeness (QED) is 0.588. The monoisotopic (exact) mass is 349 g/mol. The van der Waals surface area contributed by atoms with Gasteiger partial charge in [-0.3, -0.25) is 0 Å². The van der Waals surface area contributed by atoms with E-state index in [-0.39, 0.29) is 0 Å². The van der Waals surface area contributed by atoms with E-state index >= 15 is 0 Å². The molecule has 0 saturated heterocycles. The number of nitrogens with zero attached hydrogens (tertiary/aromatic N) is 1. The Morgan fingerprint density at radius 2 is 1.85 bits per heavy atom. The third-order valence-electron chi connectivity index (χ3n) is 4.44. The Kier molecular flexibility index (Phi) is 6.08. The summed E-state index contributed by atoms with van der Waals surface area (Å²) in [5.74, 6) is 1.88. The van der Waals surface area contributed by atoms with Gasteiger partial charge in [-0.15, -0.1) is 0 Å². The summed E-state index contributed by atoms with van der Waals surface area (Å²) in [4.78, 5) is 4.39. The van der Waals surface area contributed by atoms with Gasteiger partial charge in [0.1, 0.15) is 17.1 Å². The first-order valence-corrected chi connectivity index (χ1v) is 9.21. The van der Waals surface area contributed by atoms with Crippen molar-refractivity contribution >= 4 is 16.7 Å². The van der Waals surface area contributed by atoms with Crippen LogP contribution in [0.4, 0.5) is 5.82 Å². The molecule has 0 atom stereocenters. The Balaban J connectivity index is 1.43. The number of rotatable bonds is 8. The molecule has 136 valence electrons. The topological polar surface area (TPSA) is 60.2 Å². The van der Waals surface area contributed by atoms with Gasteiger partial charge in [0.2, 0.25) is 0 Å². The van der Waals surface area contributed by atoms with E-state index in [1.807, 2.05) is 30.3 Å². The number of hydrogen-bond donors (Lipinski definition) is 2. The number of nitrogen functional groups attached to an aromatic ring is 1. The molecular weight excluding hydrogens is 322 g/mol. The smallest absolute Gasteiger partial charge is 0.145 e. The van der Waals surface area contributed by atoms with Crippen molar-refractivity contribution in [1.82, 2.24) is 10.3 Å². The van der Waals surface area contributed by atoms with Crippen LogP contribution in [0, 0.1) is 0 Å². The van der Waals surface area contributed by atoms with E-state index in [9.17, 15) is 0 Å². The summed E-state index contributed by atoms with van der Waals surface area (Å²) in [5, 5.41) is 4.51. The van der Waals surface area contributed by atoms with Gasteiger partial charge in [-0.25, -0.2) is 4.98 Å². The second kappa shape index (κ2) is 8.68. The SMILES string of the molecule is CC(C)c1ccc(CNCCCOc2cccc3ccc(N)nc23)cc1. The third kappa shape index (κ3) is 4.73. The van der Waals surface area contributed by atoms with E-state index in [1.54, 1.807) is 0 Å². The predicted molar refractivity (Wildman–Crippen MR) is 109 cm³/mol. The lowest BCUT2D eigenvalue weighted by molar-refractivity contribution is 0.311. The highest BCUT2D eigenvalue weighted by Crippen LogP contribution is 2.24. The minimum Gasteiger partial charge on any atom is -0.491 e. The molecule has 0 aliphatic heterocycles. The molecular formula is C22H27N3O. The van der Waals surface area contributed by atoms with E-state index in [0.29, 0.717) is 18.3 Å². The standard InChI is InChI=1S/C22H27N3O/c1-16(2)18-9-7-17(8-10-18)15-24-13-4-14-26-20-6-3-5-19-11-12-21(23)25-22(19)20/h3,5-12,16,24H,4,13-15H2,1-2H3,(H2,23,25). The van der Waals surface area contributed by atoms with Crippen LogP contribution in [0.2, 0.25) is 0 Å². The number of para-hydroxylation sites is 1. The molecule has 0 aliphatic carbocycles. The van der Waals surface area contributed by atoms with Gasteiger partial charge < -0.3 is 15.8 Å². The molecule has 0 spiro atoms. The zero-order valence-corrected chi connectivity index (χ0v) is 15.5. The molecule has 0 amide bonds. The number of nitrogens with two attached hydrogens (primary N) is 1. The Hall–Kier alpha value is -2.59. The highest BCUT2D eigenvalue weighted by atomic mass is 16.5. The van der Waals surface area contributed by atoms with E-state index in [2.05, 4.69) is 48.4 Å². The summed E-state index contributed by atoms with van der Waals surface area (Å²) in [7, 11) is 0. The first-order valence-electron chi connectivity index (χ1n) is 9.21. The molecule has 26 heavy (non-hydrogen) atoms. The molecule has 0 aliphatic rings. The number of nitrogens with one attached hydrogen (secondary N) is 1. The summed E-state index contributed by atoms with van der Waals surface area (Å²) in [6.45, 7) is 6.87. The Labute approximate surface area is 155 Å². The lowest BCUT2D eigenvalue weighted by atomic mass is 10.0. The highest BCUT2D eigenvalue weighted by Gasteiger charge is 2.04. The van der Waals surface area contributed by atoms with Crippen LogP contribution in [0.3, 0.4) is 0 Å². The summed E-state index contributed by atoms with van der Waals surface area (Å²) < 4.78 is 5.91. The number of anilines is 1. The summed E-state index contributed by atoms with van der Waals surface area (Å²) in [6.07, 6.45) is 0.933. The van der Waals surface area contributed by atoms with Gasteiger partial charge in [0.05, 0.1) is 6.61 Å². The Bertz CT molecular complexity index is 844. The van der Waals surface area contributed by atoms with E-state index in [4.69, 9.17) is 10.5 Å². The zero-order chi connectivity index (χ0) is 18.4. The number of fused-ring (bicyclic) bond motifs is 1. The van der Waals surface area contributed by atoms with Crippen molar-refractivity contribution in [2.24, 2.45) is 0 Å². The van der Waals surface area contributed by atoms with Crippen molar-refractivity contribution in [2.45, 2.75) is 32.7 Å². The van der Waals surface area contributed by atoms with Crippen LogP contribution < -0.4 is 15.8 Å². The molecule has 3 rings (SSSR count). The first kappa shape index (κ1) is 18.2. The molecule has 0 unspecified atom stereocenters. The fourth-order valence-corrected chi connectivity index (χ4v) is 2.88. The fraction of sp³-hybridized carbons (Fsp3) is 0.318. The van der Waals surface area contributed by atoms with Crippen molar-refractivity contribution < 1.29 is 4.74 Å². The van der Waals surface area contributed by atoms with Gasteiger partial charge in [-0.1, -0.05) is 50.2 Å². The van der Waals surface area contributed by atoms with Gasteiger partial charge in [-0.2, -0.15) is 0 Å². The van der Waals surface area contributed by atoms with Crippen molar-refractivity contribution in [3.8, 4) is 5.75 Å². The van der Waals surface area contributed by atoms with E-state index in [0.717, 1.165) is 36.2 Å². The van der Waals surface area contributed by atoms with Crippen LogP contribution in [-0.2, 0) is 6.54 Å². The van der Waals surface area contributed by atoms with Gasteiger partial charge in [0.15, 0.2) is 0 Å². The lowest BCUT2D eigenvalue weighted by Gasteiger charge is -2.10. The average Bonchev–Trinajstić information content (AvgIpc) is 2.65. The van der Waals surface area contributed by atoms with Gasteiger partial charge in [0, 0.05) is 11.9 Å². The molecule has 1 heterocycles. The summed E-state index contributed by atoms with van der Waals surface area (Å²) in [6, 6.07) is 18.5. The van der Waals surface area contributed by atoms with Crippen LogP contribution in [0.1, 0.15) is 37.3 Å². The van der Waals surface area contributed by atoms with Crippen LogP contribution in [-0.4, -0.2) is 18.1 Å². The van der Waals surface area contributed by atoms with Gasteiger partial charge in [-0.05, 0) is 48.2 Å². The second-order valence-electron chi connectivity index (χ2n) is 6.84. The van der Waals surface area contributed by atoms with Gasteiger partial charge >= 0.3 is 0 Å². The second-order valence-corrected chi connectivity index (χ2v) is 6.84. The molecule has 3 aromatic rings. The Morgan fingerprint density at radius 1 is 1.04 bits per heavy atom. The summed E-state index contributed by atoms with van der Waals surface area (Å²) >= 11 is 0. The van der Waals surface area contributed by atoms with Crippen molar-refractivity contribution in [3.63, 3.8) is 0 Å². The molecule has 1 aromatic heterocycles. The number of ether oxygens (including phenoxy) is 1. The summed E-state index contributed by atoms with van der Waals surface area (Å²) in [5.41, 5.74) is 9.31. The zero-order valence-electron chi connectivity index (χ0n) is 15.5. The molecule has 2 aromatic carbocycles. The van der Waals surface area contributed by atoms with Crippen LogP contribution >= 0.6 is 0 Å². The van der Waals surface area contributed by atoms with Crippen LogP contribution in [0.15, 0.2) is 54.6 Å². The van der Waals surface area contributed by atoms with Crippen molar-refractivity contribution in [2.75, 3.05) is 18.9 Å². The van der Waals surface area contributed by atoms with E-state index in [1.165, 1.54) is 11.1 Å². The van der Waals surface area contributed by atoms with Gasteiger partial charge in [0.25, 0.3) is 0 Å². The van der Waals surface area contributed by atoms with Crippen LogP contribution in [0.25, 0.3) is 10.9 Å². The molecule has 0 saturated carbocycles. The number of aromatic nitrogens is 1. The predicted octanol–water partition coefficient (Wildman–Crippen LogP) is 4.50. The molecule has 3 N–H and O–H groups in total. The van der Waals surface area contributed by atoms with Crippen molar-refractivity contribution in [1.29, 1.82) is 0 Å². The third-order valence-corrected chi connectivity index (χ3v) is 4.44. The largest absolute Gasteiger partial charge is 0.491 e. The van der Waals surface area contributed by atoms with Crippen LogP contribution in [0.5, 0.6) is 5.75 Å². The maximum absolute atomic E-state index is 5.91. The fourth-order valence-electron chi connectivity index (χ4n) is 2.88. The normalized spacial score (nSPS) is 11.2. The maximum atomic E-state index is 5.91. The number of hydrogen-bond acceptors (Lipinski definition) is 4. The lowest BCUT2D eigenvalue weighted by Crippen LogP contribution is -2.17.